The number of ether oxygens (including phenoxy) is 1. The lowest BCUT2D eigenvalue weighted by Gasteiger charge is -2.11. The average Bonchev–Trinajstić information content (AvgIpc) is 2.23. The Balaban J connectivity index is 2.85. The summed E-state index contributed by atoms with van der Waals surface area (Å²) in [5.41, 5.74) is 0.237. The van der Waals surface area contributed by atoms with Gasteiger partial charge in [0.15, 0.2) is 0 Å². The van der Waals surface area contributed by atoms with E-state index >= 15 is 0 Å². The third-order valence-electron chi connectivity index (χ3n) is 2.03. The summed E-state index contributed by atoms with van der Waals surface area (Å²) >= 11 is 6.17. The Labute approximate surface area is 115 Å². The van der Waals surface area contributed by atoms with Crippen molar-refractivity contribution >= 4 is 37.8 Å². The molecular formula is C11H10Br2F2O2. The van der Waals surface area contributed by atoms with Crippen molar-refractivity contribution in [3.05, 3.63) is 33.8 Å². The number of carbonyl (C=O) groups is 1. The Hall–Kier alpha value is -0.490. The normalized spacial score (nSPS) is 12.3. The van der Waals surface area contributed by atoms with Gasteiger partial charge in [-0.05, 0) is 19.4 Å². The maximum absolute atomic E-state index is 13.5. The van der Waals surface area contributed by atoms with Crippen LogP contribution in [0.4, 0.5) is 8.78 Å². The third kappa shape index (κ3) is 4.03. The molecule has 0 aliphatic rings. The van der Waals surface area contributed by atoms with Gasteiger partial charge in [-0.25, -0.2) is 8.78 Å². The molecule has 0 aromatic heterocycles. The van der Waals surface area contributed by atoms with Crippen molar-refractivity contribution in [2.45, 2.75) is 18.2 Å². The first kappa shape index (κ1) is 14.6. The lowest BCUT2D eigenvalue weighted by atomic mass is 10.1. The predicted octanol–water partition coefficient (Wildman–Crippen LogP) is 3.60. The van der Waals surface area contributed by atoms with Crippen LogP contribution in [-0.4, -0.2) is 17.4 Å². The molecule has 6 heteroatoms. The summed E-state index contributed by atoms with van der Waals surface area (Å²) < 4.78 is 31.4. The molecule has 1 rings (SSSR count). The van der Waals surface area contributed by atoms with Crippen molar-refractivity contribution in [3.63, 3.8) is 0 Å². The molecule has 0 aliphatic carbocycles. The average molecular weight is 372 g/mol. The van der Waals surface area contributed by atoms with Gasteiger partial charge in [-0.1, -0.05) is 31.9 Å². The second kappa shape index (κ2) is 6.44. The van der Waals surface area contributed by atoms with Crippen LogP contribution in [0.3, 0.4) is 0 Å². The van der Waals surface area contributed by atoms with E-state index < -0.39 is 22.4 Å². The van der Waals surface area contributed by atoms with Gasteiger partial charge < -0.3 is 4.74 Å². The van der Waals surface area contributed by atoms with E-state index in [0.717, 1.165) is 12.1 Å². The minimum atomic E-state index is -0.689. The van der Waals surface area contributed by atoms with E-state index in [1.807, 2.05) is 0 Å². The number of hydrogen-bond donors (Lipinski definition) is 0. The minimum absolute atomic E-state index is 0.0888. The molecule has 0 bridgehead atoms. The minimum Gasteiger partial charge on any atom is -0.465 e. The molecule has 0 N–H and O–H groups in total. The highest BCUT2D eigenvalue weighted by Gasteiger charge is 2.20. The second-order valence-corrected chi connectivity index (χ2v) is 5.23. The quantitative estimate of drug-likeness (QED) is 0.597. The van der Waals surface area contributed by atoms with Crippen molar-refractivity contribution in [1.29, 1.82) is 0 Å². The van der Waals surface area contributed by atoms with Crippen molar-refractivity contribution in [3.8, 4) is 0 Å². The topological polar surface area (TPSA) is 26.3 Å². The molecule has 94 valence electrons. The summed E-state index contributed by atoms with van der Waals surface area (Å²) in [5, 5.41) is 0. The first-order valence-corrected chi connectivity index (χ1v) is 6.60. The molecule has 0 aliphatic heterocycles. The second-order valence-electron chi connectivity index (χ2n) is 3.27. The first-order valence-electron chi connectivity index (χ1n) is 4.89. The highest BCUT2D eigenvalue weighted by Crippen LogP contribution is 2.25. The summed E-state index contributed by atoms with van der Waals surface area (Å²) in [5.74, 6) is -1.82. The lowest BCUT2D eigenvalue weighted by Crippen LogP contribution is -2.20. The summed E-state index contributed by atoms with van der Waals surface area (Å²) in [7, 11) is 0. The van der Waals surface area contributed by atoms with Gasteiger partial charge in [-0.2, -0.15) is 0 Å². The van der Waals surface area contributed by atoms with Crippen molar-refractivity contribution < 1.29 is 18.3 Å². The molecule has 1 aromatic carbocycles. The number of carbonyl (C=O) groups excluding carboxylic acids is 1. The molecule has 1 unspecified atom stereocenters. The fraction of sp³-hybridized carbons (Fsp3) is 0.364. The van der Waals surface area contributed by atoms with Crippen LogP contribution in [0.15, 0.2) is 16.6 Å². The van der Waals surface area contributed by atoms with Gasteiger partial charge in [-0.3, -0.25) is 4.79 Å². The van der Waals surface area contributed by atoms with Crippen LogP contribution >= 0.6 is 31.9 Å². The van der Waals surface area contributed by atoms with Crippen LogP contribution in [0.5, 0.6) is 0 Å². The largest absolute Gasteiger partial charge is 0.465 e. The zero-order valence-corrected chi connectivity index (χ0v) is 12.1. The van der Waals surface area contributed by atoms with E-state index in [1.165, 1.54) is 0 Å². The molecular weight excluding hydrogens is 362 g/mol. The molecule has 0 amide bonds. The van der Waals surface area contributed by atoms with Crippen LogP contribution in [-0.2, 0) is 16.0 Å². The van der Waals surface area contributed by atoms with Gasteiger partial charge >= 0.3 is 5.97 Å². The van der Waals surface area contributed by atoms with Crippen LogP contribution in [0.2, 0.25) is 0 Å². The third-order valence-corrected chi connectivity index (χ3v) is 3.44. The zero-order valence-electron chi connectivity index (χ0n) is 8.97. The molecule has 0 heterocycles. The number of rotatable bonds is 4. The Kier molecular flexibility index (Phi) is 5.52. The Morgan fingerprint density at radius 1 is 1.47 bits per heavy atom. The maximum Gasteiger partial charge on any atom is 0.320 e. The fourth-order valence-electron chi connectivity index (χ4n) is 1.26. The zero-order chi connectivity index (χ0) is 13.0. The van der Waals surface area contributed by atoms with E-state index in [-0.39, 0.29) is 18.6 Å². The lowest BCUT2D eigenvalue weighted by molar-refractivity contribution is -0.142. The molecule has 0 spiro atoms. The SMILES string of the molecule is CCOC(=O)C(Br)Cc1c(F)cc(F)cc1Br. The maximum atomic E-state index is 13.5. The summed E-state index contributed by atoms with van der Waals surface area (Å²) in [4.78, 5) is 10.7. The molecule has 0 saturated carbocycles. The van der Waals surface area contributed by atoms with E-state index in [9.17, 15) is 13.6 Å². The standard InChI is InChI=1S/C11H10Br2F2O2/c1-2-17-11(16)9(13)5-7-8(12)3-6(14)4-10(7)15/h3-4,9H,2,5H2,1H3. The molecule has 1 aromatic rings. The molecule has 0 fully saturated rings. The predicted molar refractivity (Wildman–Crippen MR) is 67.1 cm³/mol. The van der Waals surface area contributed by atoms with Gasteiger partial charge in [-0.15, -0.1) is 0 Å². The molecule has 1 atom stereocenters. The van der Waals surface area contributed by atoms with E-state index in [4.69, 9.17) is 4.74 Å². The molecule has 2 nitrogen and oxygen atoms in total. The van der Waals surface area contributed by atoms with E-state index in [0.29, 0.717) is 4.47 Å². The number of alkyl halides is 1. The highest BCUT2D eigenvalue weighted by atomic mass is 79.9. The Bertz CT molecular complexity index is 401. The summed E-state index contributed by atoms with van der Waals surface area (Å²) in [6.07, 6.45) is 0.0888. The van der Waals surface area contributed by atoms with Gasteiger partial charge in [0.1, 0.15) is 16.5 Å². The molecule has 0 saturated heterocycles. The summed E-state index contributed by atoms with van der Waals surface area (Å²) in [6, 6.07) is 1.94. The number of esters is 1. The van der Waals surface area contributed by atoms with Gasteiger partial charge in [0.25, 0.3) is 0 Å². The molecule has 0 radical (unpaired) electrons. The van der Waals surface area contributed by atoms with Gasteiger partial charge in [0.2, 0.25) is 0 Å². The monoisotopic (exact) mass is 370 g/mol. The van der Waals surface area contributed by atoms with E-state index in [2.05, 4.69) is 31.9 Å². The van der Waals surface area contributed by atoms with E-state index in [1.54, 1.807) is 6.92 Å². The summed E-state index contributed by atoms with van der Waals surface area (Å²) in [6.45, 7) is 1.94. The van der Waals surface area contributed by atoms with Crippen molar-refractivity contribution in [2.75, 3.05) is 6.61 Å². The van der Waals surface area contributed by atoms with Gasteiger partial charge in [0.05, 0.1) is 6.61 Å². The Morgan fingerprint density at radius 2 is 2.12 bits per heavy atom. The van der Waals surface area contributed by atoms with Gasteiger partial charge in [0, 0.05) is 16.1 Å². The van der Waals surface area contributed by atoms with Crippen LogP contribution in [0.25, 0.3) is 0 Å². The van der Waals surface area contributed by atoms with Crippen molar-refractivity contribution in [2.24, 2.45) is 0 Å². The Morgan fingerprint density at radius 3 is 2.65 bits per heavy atom. The number of benzene rings is 1. The number of hydrogen-bond acceptors (Lipinski definition) is 2. The smallest absolute Gasteiger partial charge is 0.320 e. The van der Waals surface area contributed by atoms with Crippen LogP contribution < -0.4 is 0 Å². The van der Waals surface area contributed by atoms with Crippen LogP contribution in [0, 0.1) is 11.6 Å². The molecule has 17 heavy (non-hydrogen) atoms. The van der Waals surface area contributed by atoms with Crippen molar-refractivity contribution in [1.82, 2.24) is 0 Å². The highest BCUT2D eigenvalue weighted by molar-refractivity contribution is 9.10. The van der Waals surface area contributed by atoms with Crippen LogP contribution in [0.1, 0.15) is 12.5 Å². The number of halogens is 4. The fourth-order valence-corrected chi connectivity index (χ4v) is 2.29. The first-order chi connectivity index (χ1) is 7.95.